The third-order valence-corrected chi connectivity index (χ3v) is 3.47. The average Bonchev–Trinajstić information content (AvgIpc) is 2.82. The van der Waals surface area contributed by atoms with Gasteiger partial charge in [-0.05, 0) is 30.4 Å². The van der Waals surface area contributed by atoms with Crippen LogP contribution < -0.4 is 0 Å². The third kappa shape index (κ3) is 1.85. The van der Waals surface area contributed by atoms with E-state index in [2.05, 4.69) is 21.2 Å². The van der Waals surface area contributed by atoms with Crippen molar-refractivity contribution >= 4 is 0 Å². The van der Waals surface area contributed by atoms with Crippen LogP contribution in [0.2, 0.25) is 0 Å². The van der Waals surface area contributed by atoms with E-state index in [1.165, 1.54) is 5.56 Å². The number of aromatic amines is 1. The number of hydrogen-bond acceptors (Lipinski definition) is 3. The molecule has 1 aromatic heterocycles. The lowest BCUT2D eigenvalue weighted by molar-refractivity contribution is 0.0172. The summed E-state index contributed by atoms with van der Waals surface area (Å²) in [6, 6.07) is 8.11. The topological polar surface area (TPSA) is 61.8 Å². The zero-order valence-corrected chi connectivity index (χ0v) is 9.56. The van der Waals surface area contributed by atoms with E-state index in [4.69, 9.17) is 0 Å². The number of nitrogens with one attached hydrogen (secondary N) is 1. The first-order valence-electron chi connectivity index (χ1n) is 5.93. The minimum absolute atomic E-state index is 0.480. The number of H-pyrrole nitrogens is 1. The Morgan fingerprint density at radius 1 is 1.35 bits per heavy atom. The Hall–Kier alpha value is -1.68. The molecule has 0 fully saturated rings. The molecule has 0 radical (unpaired) electrons. The Morgan fingerprint density at radius 2 is 2.24 bits per heavy atom. The Bertz CT molecular complexity index is 509. The molecule has 2 aromatic rings. The van der Waals surface area contributed by atoms with Crippen LogP contribution in [-0.4, -0.2) is 20.3 Å². The van der Waals surface area contributed by atoms with Gasteiger partial charge < -0.3 is 5.11 Å². The highest BCUT2D eigenvalue weighted by Crippen LogP contribution is 2.37. The number of aliphatic hydroxyl groups is 1. The van der Waals surface area contributed by atoms with Crippen LogP contribution in [0, 0.1) is 0 Å². The van der Waals surface area contributed by atoms with Gasteiger partial charge in [-0.25, -0.2) is 4.98 Å². The molecule has 2 N–H and O–H groups in total. The van der Waals surface area contributed by atoms with Crippen LogP contribution in [0.15, 0.2) is 30.6 Å². The molecule has 0 aliphatic heterocycles. The van der Waals surface area contributed by atoms with Gasteiger partial charge in [0.1, 0.15) is 6.33 Å². The van der Waals surface area contributed by atoms with Crippen LogP contribution in [0.5, 0.6) is 0 Å². The number of rotatable bonds is 2. The third-order valence-electron chi connectivity index (χ3n) is 3.47. The molecule has 1 aromatic carbocycles. The summed E-state index contributed by atoms with van der Waals surface area (Å²) in [6.07, 6.45) is 4.86. The molecule has 17 heavy (non-hydrogen) atoms. The number of hydrogen-bond donors (Lipinski definition) is 2. The molecule has 0 spiro atoms. The molecule has 3 rings (SSSR count). The second-order valence-corrected chi connectivity index (χ2v) is 4.63. The van der Waals surface area contributed by atoms with Crippen LogP contribution in [0.25, 0.3) is 0 Å². The quantitative estimate of drug-likeness (QED) is 0.821. The zero-order chi connectivity index (χ0) is 11.7. The van der Waals surface area contributed by atoms with Gasteiger partial charge in [0.05, 0.1) is 5.60 Å². The molecule has 1 unspecified atom stereocenters. The van der Waals surface area contributed by atoms with Gasteiger partial charge in [0.2, 0.25) is 0 Å². The number of aryl methyl sites for hydroxylation is 1. The first-order valence-corrected chi connectivity index (χ1v) is 5.93. The first kappa shape index (κ1) is 10.5. The van der Waals surface area contributed by atoms with Crippen molar-refractivity contribution in [1.29, 1.82) is 0 Å². The van der Waals surface area contributed by atoms with Crippen LogP contribution in [-0.2, 0) is 18.4 Å². The van der Waals surface area contributed by atoms with Crippen LogP contribution in [0.1, 0.15) is 29.8 Å². The van der Waals surface area contributed by atoms with Crippen molar-refractivity contribution in [2.45, 2.75) is 31.3 Å². The van der Waals surface area contributed by atoms with Gasteiger partial charge in [-0.3, -0.25) is 5.10 Å². The predicted molar refractivity (Wildman–Crippen MR) is 63.4 cm³/mol. The van der Waals surface area contributed by atoms with Gasteiger partial charge in [0.25, 0.3) is 0 Å². The van der Waals surface area contributed by atoms with Crippen LogP contribution in [0.4, 0.5) is 0 Å². The maximum atomic E-state index is 10.8. The average molecular weight is 229 g/mol. The molecule has 0 saturated heterocycles. The summed E-state index contributed by atoms with van der Waals surface area (Å²) < 4.78 is 0. The van der Waals surface area contributed by atoms with E-state index in [0.717, 1.165) is 24.8 Å². The van der Waals surface area contributed by atoms with Crippen molar-refractivity contribution in [3.63, 3.8) is 0 Å². The molecule has 0 amide bonds. The van der Waals surface area contributed by atoms with Crippen LogP contribution in [0.3, 0.4) is 0 Å². The Kier molecular flexibility index (Phi) is 2.44. The maximum Gasteiger partial charge on any atom is 0.153 e. The normalized spacial score (nSPS) is 23.4. The van der Waals surface area contributed by atoms with E-state index < -0.39 is 5.60 Å². The largest absolute Gasteiger partial charge is 0.385 e. The Balaban J connectivity index is 1.98. The van der Waals surface area contributed by atoms with E-state index in [9.17, 15) is 5.11 Å². The monoisotopic (exact) mass is 229 g/mol. The maximum absolute atomic E-state index is 10.8. The lowest BCUT2D eigenvalue weighted by Gasteiger charge is -2.33. The van der Waals surface area contributed by atoms with E-state index in [1.807, 2.05) is 18.2 Å². The van der Waals surface area contributed by atoms with E-state index in [-0.39, 0.29) is 0 Å². The number of aromatic nitrogens is 3. The van der Waals surface area contributed by atoms with Crippen molar-refractivity contribution in [1.82, 2.24) is 15.2 Å². The fraction of sp³-hybridized carbons (Fsp3) is 0.385. The minimum Gasteiger partial charge on any atom is -0.385 e. The summed E-state index contributed by atoms with van der Waals surface area (Å²) in [5.41, 5.74) is 1.48. The van der Waals surface area contributed by atoms with Crippen molar-refractivity contribution in [3.05, 3.63) is 47.5 Å². The lowest BCUT2D eigenvalue weighted by Crippen LogP contribution is -2.33. The van der Waals surface area contributed by atoms with Gasteiger partial charge in [0, 0.05) is 6.42 Å². The molecule has 1 aliphatic rings. The van der Waals surface area contributed by atoms with Crippen molar-refractivity contribution in [2.24, 2.45) is 0 Å². The minimum atomic E-state index is -0.808. The number of benzene rings is 1. The van der Waals surface area contributed by atoms with Crippen molar-refractivity contribution in [3.8, 4) is 0 Å². The number of nitrogens with zero attached hydrogens (tertiary/aromatic N) is 2. The smallest absolute Gasteiger partial charge is 0.153 e. The fourth-order valence-corrected chi connectivity index (χ4v) is 2.66. The molecular formula is C13H15N3O. The summed E-state index contributed by atoms with van der Waals surface area (Å²) in [7, 11) is 0. The molecule has 0 bridgehead atoms. The van der Waals surface area contributed by atoms with Crippen LogP contribution >= 0.6 is 0 Å². The standard InChI is InChI=1S/C13H15N3O/c17-13(8-12-14-9-15-16-12)7-3-5-10-4-1-2-6-11(10)13/h1-2,4,6,9,17H,3,5,7-8H2,(H,14,15,16). The van der Waals surface area contributed by atoms with Gasteiger partial charge in [-0.2, -0.15) is 5.10 Å². The van der Waals surface area contributed by atoms with Crippen molar-refractivity contribution < 1.29 is 5.11 Å². The highest BCUT2D eigenvalue weighted by molar-refractivity contribution is 5.35. The van der Waals surface area contributed by atoms with Gasteiger partial charge in [-0.1, -0.05) is 24.3 Å². The Labute approximate surface area is 99.7 Å². The summed E-state index contributed by atoms with van der Waals surface area (Å²) >= 11 is 0. The Morgan fingerprint density at radius 3 is 3.06 bits per heavy atom. The highest BCUT2D eigenvalue weighted by atomic mass is 16.3. The SMILES string of the molecule is OC1(Cc2nc[nH]n2)CCCc2ccccc21. The molecule has 1 heterocycles. The van der Waals surface area contributed by atoms with Gasteiger partial charge >= 0.3 is 0 Å². The lowest BCUT2D eigenvalue weighted by atomic mass is 9.77. The number of fused-ring (bicyclic) bond motifs is 1. The van der Waals surface area contributed by atoms with E-state index in [0.29, 0.717) is 12.2 Å². The highest BCUT2D eigenvalue weighted by Gasteiger charge is 2.35. The van der Waals surface area contributed by atoms with Crippen molar-refractivity contribution in [2.75, 3.05) is 0 Å². The molecule has 4 nitrogen and oxygen atoms in total. The molecular weight excluding hydrogens is 214 g/mol. The second-order valence-electron chi connectivity index (χ2n) is 4.63. The molecule has 4 heteroatoms. The second kappa shape index (κ2) is 3.96. The fourth-order valence-electron chi connectivity index (χ4n) is 2.66. The molecule has 88 valence electrons. The van der Waals surface area contributed by atoms with E-state index in [1.54, 1.807) is 6.33 Å². The summed E-state index contributed by atoms with van der Waals surface area (Å²) in [4.78, 5) is 4.10. The van der Waals surface area contributed by atoms with Gasteiger partial charge in [-0.15, -0.1) is 0 Å². The predicted octanol–water partition coefficient (Wildman–Crippen LogP) is 1.57. The molecule has 1 aliphatic carbocycles. The van der Waals surface area contributed by atoms with E-state index >= 15 is 0 Å². The molecule has 1 atom stereocenters. The zero-order valence-electron chi connectivity index (χ0n) is 9.56. The summed E-state index contributed by atoms with van der Waals surface area (Å²) in [5, 5.41) is 17.5. The summed E-state index contributed by atoms with van der Waals surface area (Å²) in [5.74, 6) is 0.671. The molecule has 0 saturated carbocycles. The summed E-state index contributed by atoms with van der Waals surface area (Å²) in [6.45, 7) is 0. The first-order chi connectivity index (χ1) is 8.28. The van der Waals surface area contributed by atoms with Gasteiger partial charge in [0.15, 0.2) is 5.82 Å².